The number of likely N-dealkylation sites (N-methyl/N-ethyl adjacent to an activating group) is 1. The molecule has 0 bridgehead atoms. The lowest BCUT2D eigenvalue weighted by molar-refractivity contribution is -0.127. The zero-order valence-electron chi connectivity index (χ0n) is 15.0. The standard InChI is InChI=1S/C17H29N5OS/c1-4-10-18-17(20-12-16(23)22(2)3)19-11-9-15-21-13-7-5-6-8-14(13)24-15/h4-12H2,1-3H3,(H2,18,19,20). The van der Waals surface area contributed by atoms with Gasteiger partial charge in [0.1, 0.15) is 6.54 Å². The average molecular weight is 352 g/mol. The van der Waals surface area contributed by atoms with E-state index in [-0.39, 0.29) is 12.5 Å². The van der Waals surface area contributed by atoms with E-state index in [4.69, 9.17) is 4.98 Å². The maximum atomic E-state index is 11.7. The molecule has 0 radical (unpaired) electrons. The zero-order valence-corrected chi connectivity index (χ0v) is 15.8. The first-order valence-electron chi connectivity index (χ1n) is 8.80. The second kappa shape index (κ2) is 9.61. The number of aryl methyl sites for hydroxylation is 2. The number of aliphatic imine (C=N–C) groups is 1. The maximum absolute atomic E-state index is 11.7. The average Bonchev–Trinajstić information content (AvgIpc) is 2.99. The van der Waals surface area contributed by atoms with Gasteiger partial charge in [0.05, 0.1) is 10.7 Å². The molecule has 0 saturated heterocycles. The Hall–Kier alpha value is -1.63. The van der Waals surface area contributed by atoms with Gasteiger partial charge in [0.25, 0.3) is 0 Å². The summed E-state index contributed by atoms with van der Waals surface area (Å²) in [6.45, 7) is 3.89. The fraction of sp³-hybridized carbons (Fsp3) is 0.706. The van der Waals surface area contributed by atoms with Gasteiger partial charge >= 0.3 is 0 Å². The van der Waals surface area contributed by atoms with E-state index in [1.807, 2.05) is 11.3 Å². The SMILES string of the molecule is CCCNC(=NCC(=O)N(C)C)NCCc1nc2c(s1)CCCC2. The fourth-order valence-corrected chi connectivity index (χ4v) is 3.66. The molecule has 6 nitrogen and oxygen atoms in total. The van der Waals surface area contributed by atoms with Crippen molar-refractivity contribution >= 4 is 23.2 Å². The number of fused-ring (bicyclic) bond motifs is 1. The van der Waals surface area contributed by atoms with Crippen LogP contribution in [-0.2, 0) is 24.1 Å². The predicted molar refractivity (Wildman–Crippen MR) is 99.8 cm³/mol. The van der Waals surface area contributed by atoms with Crippen LogP contribution in [0.15, 0.2) is 4.99 Å². The molecule has 2 rings (SSSR count). The Balaban J connectivity index is 1.84. The maximum Gasteiger partial charge on any atom is 0.243 e. The van der Waals surface area contributed by atoms with Gasteiger partial charge in [0.15, 0.2) is 5.96 Å². The molecule has 1 amide bonds. The molecule has 0 atom stereocenters. The summed E-state index contributed by atoms with van der Waals surface area (Å²) in [6.07, 6.45) is 6.80. The van der Waals surface area contributed by atoms with Crippen LogP contribution in [0, 0.1) is 0 Å². The molecule has 7 heteroatoms. The topological polar surface area (TPSA) is 69.6 Å². The van der Waals surface area contributed by atoms with Gasteiger partial charge in [0, 0.05) is 38.5 Å². The minimum absolute atomic E-state index is 0.000183. The predicted octanol–water partition coefficient (Wildman–Crippen LogP) is 1.60. The van der Waals surface area contributed by atoms with E-state index in [0.717, 1.165) is 32.4 Å². The quantitative estimate of drug-likeness (QED) is 0.578. The van der Waals surface area contributed by atoms with E-state index in [1.54, 1.807) is 19.0 Å². The van der Waals surface area contributed by atoms with E-state index in [2.05, 4.69) is 22.5 Å². The van der Waals surface area contributed by atoms with Crippen LogP contribution in [-0.4, -0.2) is 55.5 Å². The van der Waals surface area contributed by atoms with Crippen LogP contribution in [0.3, 0.4) is 0 Å². The molecular formula is C17H29N5OS. The van der Waals surface area contributed by atoms with Crippen molar-refractivity contribution in [3.05, 3.63) is 15.6 Å². The molecule has 0 spiro atoms. The summed E-state index contributed by atoms with van der Waals surface area (Å²) < 4.78 is 0. The van der Waals surface area contributed by atoms with Crippen LogP contribution in [0.1, 0.15) is 41.8 Å². The van der Waals surface area contributed by atoms with E-state index >= 15 is 0 Å². The fourth-order valence-electron chi connectivity index (χ4n) is 2.51. The smallest absolute Gasteiger partial charge is 0.243 e. The molecule has 1 aromatic heterocycles. The Morgan fingerprint density at radius 3 is 2.71 bits per heavy atom. The largest absolute Gasteiger partial charge is 0.356 e. The lowest BCUT2D eigenvalue weighted by atomic mass is 10.0. The summed E-state index contributed by atoms with van der Waals surface area (Å²) in [5.41, 5.74) is 1.32. The van der Waals surface area contributed by atoms with Crippen molar-refractivity contribution in [3.8, 4) is 0 Å². The van der Waals surface area contributed by atoms with Gasteiger partial charge in [-0.1, -0.05) is 6.92 Å². The number of nitrogens with zero attached hydrogens (tertiary/aromatic N) is 3. The first kappa shape index (κ1) is 18.7. The number of guanidine groups is 1. The highest BCUT2D eigenvalue weighted by molar-refractivity contribution is 7.11. The molecule has 0 aromatic carbocycles. The summed E-state index contributed by atoms with van der Waals surface area (Å²) in [5.74, 6) is 0.702. The van der Waals surface area contributed by atoms with E-state index in [9.17, 15) is 4.79 Å². The molecule has 134 valence electrons. The van der Waals surface area contributed by atoms with Gasteiger partial charge < -0.3 is 15.5 Å². The molecule has 1 heterocycles. The Bertz CT molecular complexity index is 544. The van der Waals surface area contributed by atoms with Gasteiger partial charge in [0.2, 0.25) is 5.91 Å². The molecule has 1 aliphatic rings. The number of carbonyl (C=O) groups is 1. The van der Waals surface area contributed by atoms with Crippen LogP contribution in [0.25, 0.3) is 0 Å². The molecule has 24 heavy (non-hydrogen) atoms. The van der Waals surface area contributed by atoms with Gasteiger partial charge in [-0.3, -0.25) is 4.79 Å². The van der Waals surface area contributed by atoms with Gasteiger partial charge in [-0.15, -0.1) is 11.3 Å². The molecule has 1 aromatic rings. The van der Waals surface area contributed by atoms with Crippen molar-refractivity contribution in [2.45, 2.75) is 45.4 Å². The highest BCUT2D eigenvalue weighted by atomic mass is 32.1. The minimum atomic E-state index is 0.000183. The first-order valence-corrected chi connectivity index (χ1v) is 9.61. The Morgan fingerprint density at radius 1 is 1.25 bits per heavy atom. The molecule has 0 fully saturated rings. The van der Waals surface area contributed by atoms with Crippen molar-refractivity contribution in [2.24, 2.45) is 4.99 Å². The van der Waals surface area contributed by atoms with Gasteiger partial charge in [-0.25, -0.2) is 9.98 Å². The number of amides is 1. The van der Waals surface area contributed by atoms with Crippen LogP contribution in [0.4, 0.5) is 0 Å². The zero-order chi connectivity index (χ0) is 17.4. The highest BCUT2D eigenvalue weighted by Crippen LogP contribution is 2.26. The third-order valence-corrected chi connectivity index (χ3v) is 5.15. The summed E-state index contributed by atoms with van der Waals surface area (Å²) in [6, 6.07) is 0. The monoisotopic (exact) mass is 351 g/mol. The van der Waals surface area contributed by atoms with Crippen LogP contribution in [0.5, 0.6) is 0 Å². The lowest BCUT2D eigenvalue weighted by Gasteiger charge is -2.12. The van der Waals surface area contributed by atoms with Crippen LogP contribution in [0.2, 0.25) is 0 Å². The minimum Gasteiger partial charge on any atom is -0.356 e. The van der Waals surface area contributed by atoms with E-state index < -0.39 is 0 Å². The number of nitrogens with one attached hydrogen (secondary N) is 2. The number of rotatable bonds is 7. The van der Waals surface area contributed by atoms with Crippen LogP contribution >= 0.6 is 11.3 Å². The summed E-state index contributed by atoms with van der Waals surface area (Å²) in [5, 5.41) is 7.76. The number of thiazole rings is 1. The third kappa shape index (κ3) is 5.78. The van der Waals surface area contributed by atoms with Gasteiger partial charge in [-0.05, 0) is 32.1 Å². The van der Waals surface area contributed by atoms with Crippen molar-refractivity contribution in [2.75, 3.05) is 33.7 Å². The van der Waals surface area contributed by atoms with Crippen molar-refractivity contribution in [1.29, 1.82) is 0 Å². The van der Waals surface area contributed by atoms with Crippen molar-refractivity contribution < 1.29 is 4.79 Å². The molecule has 0 unspecified atom stereocenters. The Kier molecular flexibility index (Phi) is 7.49. The summed E-state index contributed by atoms with van der Waals surface area (Å²) in [4.78, 5) is 23.8. The van der Waals surface area contributed by atoms with E-state index in [1.165, 1.54) is 34.8 Å². The van der Waals surface area contributed by atoms with Crippen LogP contribution < -0.4 is 10.6 Å². The summed E-state index contributed by atoms with van der Waals surface area (Å²) >= 11 is 1.85. The molecule has 1 aliphatic carbocycles. The summed E-state index contributed by atoms with van der Waals surface area (Å²) in [7, 11) is 3.49. The molecule has 2 N–H and O–H groups in total. The normalized spacial score (nSPS) is 14.2. The van der Waals surface area contributed by atoms with E-state index in [0.29, 0.717) is 5.96 Å². The Morgan fingerprint density at radius 2 is 2.00 bits per heavy atom. The molecule has 0 saturated carbocycles. The number of aromatic nitrogens is 1. The Labute approximate surface area is 148 Å². The van der Waals surface area contributed by atoms with Crippen molar-refractivity contribution in [1.82, 2.24) is 20.5 Å². The number of hydrogen-bond acceptors (Lipinski definition) is 4. The van der Waals surface area contributed by atoms with Crippen molar-refractivity contribution in [3.63, 3.8) is 0 Å². The first-order chi connectivity index (χ1) is 11.6. The van der Waals surface area contributed by atoms with Gasteiger partial charge in [-0.2, -0.15) is 0 Å². The molecular weight excluding hydrogens is 322 g/mol. The second-order valence-corrected chi connectivity index (χ2v) is 7.41. The highest BCUT2D eigenvalue weighted by Gasteiger charge is 2.14. The number of carbonyl (C=O) groups excluding carboxylic acids is 1. The number of hydrogen-bond donors (Lipinski definition) is 2. The lowest BCUT2D eigenvalue weighted by Crippen LogP contribution is -2.39. The third-order valence-electron chi connectivity index (χ3n) is 3.93. The second-order valence-electron chi connectivity index (χ2n) is 6.24. The molecule has 0 aliphatic heterocycles.